The first-order valence-electron chi connectivity index (χ1n) is 31.7. The minimum absolute atomic E-state index is 0.0153. The maximum atomic E-state index is 15.3. The van der Waals surface area contributed by atoms with Gasteiger partial charge in [-0.1, -0.05) is 12.1 Å². The first-order valence-corrected chi connectivity index (χ1v) is 36.1. The van der Waals surface area contributed by atoms with Crippen LogP contribution in [0.15, 0.2) is 56.9 Å². The van der Waals surface area contributed by atoms with Gasteiger partial charge in [-0.05, 0) is 86.5 Å². The van der Waals surface area contributed by atoms with Gasteiger partial charge in [0.1, 0.15) is 127 Å². The van der Waals surface area contributed by atoms with Crippen LogP contribution in [0.25, 0.3) is 49.3 Å². The number of cyclic esters (lactones) is 2. The van der Waals surface area contributed by atoms with Crippen LogP contribution in [-0.2, 0) is 51.2 Å². The van der Waals surface area contributed by atoms with Crippen molar-refractivity contribution in [2.24, 2.45) is 0 Å². The Morgan fingerprint density at radius 1 is 0.822 bits per heavy atom. The number of benzene rings is 1. The van der Waals surface area contributed by atoms with Crippen molar-refractivity contribution in [3.8, 4) is 38.4 Å². The first-order chi connectivity index (χ1) is 48.3. The quantitative estimate of drug-likeness (QED) is 0.0455. The lowest BCUT2D eigenvalue weighted by Gasteiger charge is -2.48. The molecule has 4 aliphatic rings. The molecule has 1 saturated heterocycles. The summed E-state index contributed by atoms with van der Waals surface area (Å²) >= 11 is 5.05. The van der Waals surface area contributed by atoms with Crippen molar-refractivity contribution < 1.29 is 81.8 Å². The largest absolute Gasteiger partial charge is 0.499 e. The molecule has 4 aliphatic heterocycles. The van der Waals surface area contributed by atoms with E-state index in [1.54, 1.807) is 63.0 Å². The van der Waals surface area contributed by atoms with Gasteiger partial charge in [0.05, 0.1) is 50.2 Å². The average molecular weight is 1480 g/mol. The number of methoxy groups -OCH3 is 2. The van der Waals surface area contributed by atoms with Gasteiger partial charge in [-0.25, -0.2) is 39.5 Å². The fraction of sp³-hybridized carbons (Fsp3) is 0.431. The van der Waals surface area contributed by atoms with Gasteiger partial charge in [0.2, 0.25) is 5.91 Å². The van der Waals surface area contributed by atoms with Crippen LogP contribution in [0, 0.1) is 0 Å². The number of nitrogens with zero attached hydrogens (tertiary/aromatic N) is 9. The third kappa shape index (κ3) is 14.8. The highest BCUT2D eigenvalue weighted by atomic mass is 32.1. The molecule has 10 atom stereocenters. The molecule has 31 nitrogen and oxygen atoms in total. The monoisotopic (exact) mass is 1480 g/mol. The molecule has 12 bridgehead atoms. The lowest BCUT2D eigenvalue weighted by atomic mass is 9.85. The summed E-state index contributed by atoms with van der Waals surface area (Å²) in [4.78, 5) is 142. The third-order valence-electron chi connectivity index (χ3n) is 17.2. The number of fused-ring (bicyclic) bond motifs is 15. The molecule has 12 rings (SSSR count). The summed E-state index contributed by atoms with van der Waals surface area (Å²) in [5.41, 5.74) is -0.443. The number of aromatic nitrogens is 7. The van der Waals surface area contributed by atoms with Crippen LogP contribution in [0.3, 0.4) is 0 Å². The molecule has 0 saturated carbocycles. The van der Waals surface area contributed by atoms with Crippen LogP contribution in [0.2, 0.25) is 0 Å². The number of esters is 2. The lowest BCUT2D eigenvalue weighted by molar-refractivity contribution is -0.280. The molecule has 10 unspecified atom stereocenters. The van der Waals surface area contributed by atoms with Crippen LogP contribution in [-0.4, -0.2) is 214 Å². The molecule has 0 aliphatic carbocycles. The Balaban J connectivity index is 1.04. The average Bonchev–Trinajstić information content (AvgIpc) is 1.61. The van der Waals surface area contributed by atoms with E-state index in [2.05, 4.69) is 36.6 Å². The van der Waals surface area contributed by atoms with E-state index in [-0.39, 0.29) is 105 Å². The Morgan fingerprint density at radius 2 is 1.50 bits per heavy atom. The van der Waals surface area contributed by atoms with Gasteiger partial charge in [-0.3, -0.25) is 24.0 Å². The summed E-state index contributed by atoms with van der Waals surface area (Å²) < 4.78 is 45.4. The van der Waals surface area contributed by atoms with Gasteiger partial charge >= 0.3 is 11.9 Å². The van der Waals surface area contributed by atoms with Crippen LogP contribution >= 0.6 is 56.7 Å². The molecule has 5 amide bonds. The second kappa shape index (κ2) is 30.0. The van der Waals surface area contributed by atoms with Gasteiger partial charge in [0, 0.05) is 56.4 Å². The number of ether oxygens (including phenoxy) is 7. The second-order valence-corrected chi connectivity index (χ2v) is 29.1. The number of carbonyl (C=O) groups excluding carboxylic acids is 7. The minimum atomic E-state index is -1.87. The number of likely N-dealkylation sites (N-methyl/N-ethyl adjacent to an activating group) is 1. The topological polar surface area (TPSA) is 383 Å². The predicted molar refractivity (Wildman–Crippen MR) is 370 cm³/mol. The van der Waals surface area contributed by atoms with E-state index in [1.807, 2.05) is 23.9 Å². The Labute approximate surface area is 597 Å². The molecule has 1 aromatic carbocycles. The van der Waals surface area contributed by atoms with Gasteiger partial charge in [-0.15, -0.1) is 56.7 Å². The molecule has 8 aromatic rings. The number of amides is 5. The molecular formula is C65H72N14O17S5. The molecule has 36 heteroatoms. The van der Waals surface area contributed by atoms with Crippen molar-refractivity contribution in [1.29, 1.82) is 0 Å². The number of thiazole rings is 5. The number of hydrogen-bond acceptors (Lipinski definition) is 30. The third-order valence-corrected chi connectivity index (χ3v) is 21.7. The summed E-state index contributed by atoms with van der Waals surface area (Å²) in [6, 6.07) is 1.64. The van der Waals surface area contributed by atoms with Crippen molar-refractivity contribution in [1.82, 2.24) is 71.0 Å². The Kier molecular flexibility index (Phi) is 21.4. The zero-order chi connectivity index (χ0) is 71.9. The molecule has 534 valence electrons. The standard InChI is InChI=1S/C65H72N14O17S5/c1-28(80)44-57(85)75-45(29(2)89-9)60-71-39(27-99-60)56(84)76-48-50-51(96-42-19-65(4,88)52(78(7)8)30(3)95-42)64(87)93-20-31-14-12-15-40-43(31)33(21-92-50)49(79(40)91-11)63(86)94-22-34(67-54(82)37-26-101-62(48)72-37)59-68-35(23-98-59)46-32(58-69-38(25-97-58)55(83)74-44)18-41(90-10)47(73-46)61-70-36(24-100-61)53(81)66-16-13-17-77(5)6/h12,14-15,18,23-28,30,34,42,44,48,50-52,80,88H,13,16-17,19-22H2,1-11H3,(H,66,81)(H,67,82)(H,74,83)(H,75,85)(H,76,84)/b45-29+. The number of allylic oxidation sites excluding steroid dienone is 1. The van der Waals surface area contributed by atoms with Crippen molar-refractivity contribution in [2.45, 2.75) is 114 Å². The van der Waals surface area contributed by atoms with Crippen LogP contribution in [0.1, 0.15) is 131 Å². The highest BCUT2D eigenvalue weighted by molar-refractivity contribution is 7.14. The number of rotatable bonds is 13. The molecule has 7 N–H and O–H groups in total. The van der Waals surface area contributed by atoms with Gasteiger partial charge in [0.15, 0.2) is 18.1 Å². The minimum Gasteiger partial charge on any atom is -0.499 e. The molecular weight excluding hydrogens is 1410 g/mol. The highest BCUT2D eigenvalue weighted by Gasteiger charge is 2.50. The van der Waals surface area contributed by atoms with Crippen LogP contribution < -0.4 is 36.2 Å². The van der Waals surface area contributed by atoms with E-state index in [4.69, 9.17) is 57.9 Å². The second-order valence-electron chi connectivity index (χ2n) is 24.8. The fourth-order valence-corrected chi connectivity index (χ4v) is 16.7. The molecule has 101 heavy (non-hydrogen) atoms. The molecule has 0 spiro atoms. The highest BCUT2D eigenvalue weighted by Crippen LogP contribution is 2.43. The van der Waals surface area contributed by atoms with E-state index in [9.17, 15) is 24.6 Å². The molecule has 11 heterocycles. The summed E-state index contributed by atoms with van der Waals surface area (Å²) in [6.07, 6.45) is -6.60. The van der Waals surface area contributed by atoms with Gasteiger partial charge < -0.3 is 84.6 Å². The predicted octanol–water partition coefficient (Wildman–Crippen LogP) is 4.97. The summed E-state index contributed by atoms with van der Waals surface area (Å²) in [6.45, 7) is 5.83. The van der Waals surface area contributed by atoms with Crippen LogP contribution in [0.4, 0.5) is 0 Å². The zero-order valence-corrected chi connectivity index (χ0v) is 60.5. The number of pyridine rings is 1. The summed E-state index contributed by atoms with van der Waals surface area (Å²) in [7, 11) is 11.6. The van der Waals surface area contributed by atoms with E-state index >= 15 is 19.2 Å². The smallest absolute Gasteiger partial charge is 0.358 e. The molecule has 7 aromatic heterocycles. The Hall–Kier alpha value is -8.79. The van der Waals surface area contributed by atoms with Crippen molar-refractivity contribution in [3.05, 3.63) is 112 Å². The Bertz CT molecular complexity index is 4530. The van der Waals surface area contributed by atoms with E-state index in [0.717, 1.165) is 63.2 Å². The van der Waals surface area contributed by atoms with Crippen molar-refractivity contribution in [3.63, 3.8) is 0 Å². The Morgan fingerprint density at radius 3 is 2.22 bits per heavy atom. The van der Waals surface area contributed by atoms with Gasteiger partial charge in [0.25, 0.3) is 23.6 Å². The number of nitrogens with one attached hydrogen (secondary N) is 5. The van der Waals surface area contributed by atoms with E-state index < -0.39 is 122 Å². The molecule has 0 radical (unpaired) electrons. The summed E-state index contributed by atoms with van der Waals surface area (Å²) in [5, 5.41) is 46.0. The van der Waals surface area contributed by atoms with Gasteiger partial charge in [-0.2, -0.15) is 4.73 Å². The maximum Gasteiger partial charge on any atom is 0.358 e. The number of hydrogen-bond donors (Lipinski definition) is 7. The van der Waals surface area contributed by atoms with Crippen molar-refractivity contribution >= 4 is 115 Å². The maximum absolute atomic E-state index is 15.3. The van der Waals surface area contributed by atoms with E-state index in [0.29, 0.717) is 29.4 Å². The number of aliphatic hydroxyl groups excluding tert-OH is 1. The van der Waals surface area contributed by atoms with Crippen LogP contribution in [0.5, 0.6) is 5.75 Å². The molecule has 1 fully saturated rings. The van der Waals surface area contributed by atoms with E-state index in [1.165, 1.54) is 56.0 Å². The number of aliphatic hydroxyl groups is 2. The normalized spacial score (nSPS) is 23.8. The lowest BCUT2D eigenvalue weighted by Crippen LogP contribution is -2.62. The zero-order valence-electron chi connectivity index (χ0n) is 56.4. The fourth-order valence-electron chi connectivity index (χ4n) is 12.5. The van der Waals surface area contributed by atoms with Crippen molar-refractivity contribution in [2.75, 3.05) is 69.2 Å². The first kappa shape index (κ1) is 72.0. The SMILES string of the molecule is CO/C(C)=C1/NC(=O)C(C(C)O)NC(=O)c2csc(n2)-c2cc(OC)c(-c3nc(C(=O)NCCCN(C)C)cs3)nc2-c2csc(n2)C2COC(=O)c3c4c5c(cccc5n3OC)COC(=O)C(OC3CC(C)(O)C(N(C)C)C(C)O3)C(OC4)C(NC(=O)c3csc1n3)c1nc(cs1)C(=O)N2. The number of carbonyl (C=O) groups is 7. The summed E-state index contributed by atoms with van der Waals surface area (Å²) in [5.74, 6) is -5.60.